The van der Waals surface area contributed by atoms with Crippen LogP contribution in [0.4, 0.5) is 5.69 Å². The van der Waals surface area contributed by atoms with Gasteiger partial charge in [0.15, 0.2) is 11.5 Å². The van der Waals surface area contributed by atoms with Gasteiger partial charge in [-0.3, -0.25) is 0 Å². The zero-order chi connectivity index (χ0) is 25.8. The van der Waals surface area contributed by atoms with Crippen LogP contribution in [-0.4, -0.2) is 11.6 Å². The van der Waals surface area contributed by atoms with Crippen molar-refractivity contribution >= 4 is 50.4 Å². The molecule has 0 radical (unpaired) electrons. The van der Waals surface area contributed by atoms with Gasteiger partial charge in [0.05, 0.1) is 21.8 Å². The SMILES string of the molecule is CCOc1cc(CNc2ccc(-c3nc4ccc(C)cc4s3)cc2)cc(Cl)c1OCc1ccc(Cl)cc1. The lowest BCUT2D eigenvalue weighted by atomic mass is 10.1. The van der Waals surface area contributed by atoms with Gasteiger partial charge < -0.3 is 14.8 Å². The van der Waals surface area contributed by atoms with Gasteiger partial charge in [-0.05, 0) is 91.2 Å². The van der Waals surface area contributed by atoms with Crippen LogP contribution in [0.25, 0.3) is 20.8 Å². The molecule has 7 heteroatoms. The van der Waals surface area contributed by atoms with E-state index in [4.69, 9.17) is 37.7 Å². The molecule has 0 amide bonds. The third kappa shape index (κ3) is 6.19. The number of hydrogen-bond acceptors (Lipinski definition) is 5. The van der Waals surface area contributed by atoms with Gasteiger partial charge in [0.25, 0.3) is 0 Å². The Bertz CT molecular complexity index is 1520. The van der Waals surface area contributed by atoms with Crippen molar-refractivity contribution in [2.75, 3.05) is 11.9 Å². The lowest BCUT2D eigenvalue weighted by Crippen LogP contribution is -2.04. The molecule has 0 atom stereocenters. The lowest BCUT2D eigenvalue weighted by Gasteiger charge is -2.16. The minimum absolute atomic E-state index is 0.370. The number of aromatic nitrogens is 1. The van der Waals surface area contributed by atoms with Crippen LogP contribution in [0.1, 0.15) is 23.6 Å². The smallest absolute Gasteiger partial charge is 0.180 e. The summed E-state index contributed by atoms with van der Waals surface area (Å²) in [6, 6.07) is 26.1. The number of aryl methyl sites for hydroxylation is 1. The van der Waals surface area contributed by atoms with Crippen LogP contribution in [0, 0.1) is 6.92 Å². The standard InChI is InChI=1S/C30H26Cl2N2O2S/c1-3-35-27-16-21(15-25(32)29(27)36-18-20-5-9-23(31)10-6-20)17-33-24-11-7-22(8-12-24)30-34-26-13-4-19(2)14-28(26)37-30/h4-16,33H,3,17-18H2,1-2H3. The summed E-state index contributed by atoms with van der Waals surface area (Å²) in [5, 5.41) is 5.69. The molecule has 188 valence electrons. The van der Waals surface area contributed by atoms with E-state index in [1.807, 2.05) is 43.3 Å². The van der Waals surface area contributed by atoms with Crippen molar-refractivity contribution in [3.63, 3.8) is 0 Å². The predicted molar refractivity (Wildman–Crippen MR) is 156 cm³/mol. The summed E-state index contributed by atoms with van der Waals surface area (Å²) in [5.41, 5.74) is 6.40. The maximum atomic E-state index is 6.62. The van der Waals surface area contributed by atoms with Crippen LogP contribution in [0.2, 0.25) is 10.0 Å². The molecule has 0 bridgehead atoms. The Labute approximate surface area is 230 Å². The highest BCUT2D eigenvalue weighted by Crippen LogP contribution is 2.38. The highest BCUT2D eigenvalue weighted by Gasteiger charge is 2.13. The number of anilines is 1. The van der Waals surface area contributed by atoms with Gasteiger partial charge in [0.1, 0.15) is 11.6 Å². The first-order chi connectivity index (χ1) is 18.0. The molecule has 0 aliphatic rings. The summed E-state index contributed by atoms with van der Waals surface area (Å²) in [4.78, 5) is 4.78. The highest BCUT2D eigenvalue weighted by molar-refractivity contribution is 7.21. The molecule has 5 aromatic rings. The first-order valence-corrected chi connectivity index (χ1v) is 13.6. The molecule has 0 unspecified atom stereocenters. The Hall–Kier alpha value is -3.25. The van der Waals surface area contributed by atoms with Crippen LogP contribution in [-0.2, 0) is 13.2 Å². The number of rotatable bonds is 9. The van der Waals surface area contributed by atoms with Crippen LogP contribution in [0.5, 0.6) is 11.5 Å². The van der Waals surface area contributed by atoms with Crippen molar-refractivity contribution in [3.05, 3.63) is 106 Å². The van der Waals surface area contributed by atoms with Gasteiger partial charge >= 0.3 is 0 Å². The van der Waals surface area contributed by atoms with E-state index in [2.05, 4.69) is 54.7 Å². The van der Waals surface area contributed by atoms with E-state index in [1.54, 1.807) is 11.3 Å². The normalized spacial score (nSPS) is 11.0. The number of nitrogens with zero attached hydrogens (tertiary/aromatic N) is 1. The van der Waals surface area contributed by atoms with Crippen LogP contribution < -0.4 is 14.8 Å². The molecule has 1 aromatic heterocycles. The summed E-state index contributed by atoms with van der Waals surface area (Å²) in [7, 11) is 0. The van der Waals surface area contributed by atoms with Gasteiger partial charge in [-0.25, -0.2) is 4.98 Å². The summed E-state index contributed by atoms with van der Waals surface area (Å²) in [6.07, 6.45) is 0. The molecule has 5 rings (SSSR count). The molecule has 0 saturated carbocycles. The number of ether oxygens (including phenoxy) is 2. The second-order valence-corrected chi connectivity index (χ2v) is 10.5. The minimum Gasteiger partial charge on any atom is -0.490 e. The van der Waals surface area contributed by atoms with E-state index in [0.717, 1.165) is 32.9 Å². The van der Waals surface area contributed by atoms with Crippen molar-refractivity contribution in [2.24, 2.45) is 0 Å². The Kier molecular flexibility index (Phi) is 7.85. The van der Waals surface area contributed by atoms with Crippen LogP contribution >= 0.6 is 34.5 Å². The van der Waals surface area contributed by atoms with Crippen LogP contribution in [0.15, 0.2) is 78.9 Å². The first kappa shape index (κ1) is 25.4. The number of fused-ring (bicyclic) bond motifs is 1. The van der Waals surface area contributed by atoms with Crippen molar-refractivity contribution in [2.45, 2.75) is 27.0 Å². The molecular weight excluding hydrogens is 523 g/mol. The molecule has 1 heterocycles. The molecule has 0 saturated heterocycles. The number of benzene rings is 4. The van der Waals surface area contributed by atoms with Gasteiger partial charge in [0, 0.05) is 22.8 Å². The second-order valence-electron chi connectivity index (χ2n) is 8.67. The molecule has 4 aromatic carbocycles. The zero-order valence-corrected chi connectivity index (χ0v) is 22.9. The van der Waals surface area contributed by atoms with Crippen molar-refractivity contribution in [1.29, 1.82) is 0 Å². The van der Waals surface area contributed by atoms with Crippen molar-refractivity contribution in [3.8, 4) is 22.1 Å². The highest BCUT2D eigenvalue weighted by atomic mass is 35.5. The van der Waals surface area contributed by atoms with E-state index in [1.165, 1.54) is 10.3 Å². The fourth-order valence-corrected chi connectivity index (χ4v) is 5.44. The van der Waals surface area contributed by atoms with Gasteiger partial charge in [-0.2, -0.15) is 0 Å². The average Bonchev–Trinajstić information content (AvgIpc) is 3.32. The van der Waals surface area contributed by atoms with E-state index in [0.29, 0.717) is 41.3 Å². The quantitative estimate of drug-likeness (QED) is 0.199. The topological polar surface area (TPSA) is 43.4 Å². The Morgan fingerprint density at radius 1 is 0.865 bits per heavy atom. The van der Waals surface area contributed by atoms with Gasteiger partial charge in [-0.15, -0.1) is 11.3 Å². The molecule has 0 spiro atoms. The van der Waals surface area contributed by atoms with Crippen LogP contribution in [0.3, 0.4) is 0 Å². The average molecular weight is 550 g/mol. The van der Waals surface area contributed by atoms with E-state index in [-0.39, 0.29) is 0 Å². The monoisotopic (exact) mass is 548 g/mol. The Balaban J connectivity index is 1.26. The maximum Gasteiger partial charge on any atom is 0.180 e. The number of halogens is 2. The second kappa shape index (κ2) is 11.4. The maximum absolute atomic E-state index is 6.62. The Morgan fingerprint density at radius 3 is 2.41 bits per heavy atom. The fraction of sp³-hybridized carbons (Fsp3) is 0.167. The molecular formula is C30H26Cl2N2O2S. The number of thiazole rings is 1. The number of nitrogens with one attached hydrogen (secondary N) is 1. The van der Waals surface area contributed by atoms with E-state index < -0.39 is 0 Å². The molecule has 0 aliphatic carbocycles. The molecule has 4 nitrogen and oxygen atoms in total. The summed E-state index contributed by atoms with van der Waals surface area (Å²) in [5.74, 6) is 1.17. The van der Waals surface area contributed by atoms with Crippen molar-refractivity contribution in [1.82, 2.24) is 4.98 Å². The van der Waals surface area contributed by atoms with E-state index >= 15 is 0 Å². The zero-order valence-electron chi connectivity index (χ0n) is 20.6. The predicted octanol–water partition coefficient (Wildman–Crippen LogP) is 9.17. The van der Waals surface area contributed by atoms with E-state index in [9.17, 15) is 0 Å². The number of hydrogen-bond donors (Lipinski definition) is 1. The molecule has 0 fully saturated rings. The third-order valence-corrected chi connectivity index (χ3v) is 7.44. The first-order valence-electron chi connectivity index (χ1n) is 12.0. The van der Waals surface area contributed by atoms with Crippen molar-refractivity contribution < 1.29 is 9.47 Å². The lowest BCUT2D eigenvalue weighted by molar-refractivity contribution is 0.269. The molecule has 37 heavy (non-hydrogen) atoms. The van der Waals surface area contributed by atoms with Gasteiger partial charge in [0.2, 0.25) is 0 Å². The third-order valence-electron chi connectivity index (χ3n) is 5.84. The largest absolute Gasteiger partial charge is 0.490 e. The fourth-order valence-electron chi connectivity index (χ4n) is 3.95. The summed E-state index contributed by atoms with van der Waals surface area (Å²) >= 11 is 14.3. The minimum atomic E-state index is 0.370. The molecule has 1 N–H and O–H groups in total. The Morgan fingerprint density at radius 2 is 1.65 bits per heavy atom. The van der Waals surface area contributed by atoms with Gasteiger partial charge in [-0.1, -0.05) is 41.4 Å². The molecule has 0 aliphatic heterocycles. The summed E-state index contributed by atoms with van der Waals surface area (Å²) < 4.78 is 13.1. The summed E-state index contributed by atoms with van der Waals surface area (Å²) in [6.45, 7) is 5.52.